The van der Waals surface area contributed by atoms with Gasteiger partial charge in [-0.3, -0.25) is 4.79 Å². The zero-order valence-corrected chi connectivity index (χ0v) is 19.4. The van der Waals surface area contributed by atoms with Crippen molar-refractivity contribution >= 4 is 32.6 Å². The van der Waals surface area contributed by atoms with E-state index in [1.54, 1.807) is 13.0 Å². The second kappa shape index (κ2) is 9.11. The molecule has 1 N–H and O–H groups in total. The summed E-state index contributed by atoms with van der Waals surface area (Å²) >= 11 is 0. The fourth-order valence-corrected chi connectivity index (χ4v) is 3.98. The van der Waals surface area contributed by atoms with Gasteiger partial charge in [0, 0.05) is 37.3 Å². The first kappa shape index (κ1) is 25.2. The van der Waals surface area contributed by atoms with Crippen LogP contribution in [0.1, 0.15) is 18.1 Å². The number of carbonyl (C=O) groups is 1. The van der Waals surface area contributed by atoms with E-state index in [1.807, 2.05) is 0 Å². The van der Waals surface area contributed by atoms with Crippen molar-refractivity contribution in [3.63, 3.8) is 0 Å². The summed E-state index contributed by atoms with van der Waals surface area (Å²) in [7, 11) is -0.961. The summed E-state index contributed by atoms with van der Waals surface area (Å²) < 4.78 is 75.7. The molecule has 34 heavy (non-hydrogen) atoms. The fourth-order valence-electron chi connectivity index (χ4n) is 3.05. The SMILES string of the molecule is Cc1ccc(S(=O)(=O)N(C)C)cc1NC(=O)C(C)Oc1ccc2c(C(F)(F)F)cc(=O)oc2c1. The number of halogens is 3. The number of alkyl halides is 3. The molecule has 1 aromatic heterocycles. The van der Waals surface area contributed by atoms with Crippen molar-refractivity contribution in [2.45, 2.75) is 31.0 Å². The number of benzene rings is 2. The van der Waals surface area contributed by atoms with Crippen LogP contribution in [0.15, 0.2) is 56.6 Å². The lowest BCUT2D eigenvalue weighted by Gasteiger charge is -2.18. The predicted molar refractivity (Wildman–Crippen MR) is 118 cm³/mol. The number of hydrogen-bond acceptors (Lipinski definition) is 6. The molecule has 2 aromatic carbocycles. The normalized spacial score (nSPS) is 13.2. The molecule has 3 rings (SSSR count). The maximum atomic E-state index is 13.2. The highest BCUT2D eigenvalue weighted by atomic mass is 32.2. The van der Waals surface area contributed by atoms with Crippen molar-refractivity contribution in [1.82, 2.24) is 4.31 Å². The van der Waals surface area contributed by atoms with Gasteiger partial charge in [-0.05, 0) is 43.7 Å². The Hall–Kier alpha value is -3.38. The zero-order chi connectivity index (χ0) is 25.4. The number of hydrogen-bond donors (Lipinski definition) is 1. The third-order valence-corrected chi connectivity index (χ3v) is 6.76. The molecule has 0 saturated carbocycles. The number of anilines is 1. The molecule has 12 heteroatoms. The van der Waals surface area contributed by atoms with Crippen LogP contribution in [0.4, 0.5) is 18.9 Å². The van der Waals surface area contributed by atoms with E-state index in [1.165, 1.54) is 39.2 Å². The molecule has 0 fully saturated rings. The van der Waals surface area contributed by atoms with Crippen LogP contribution in [0.5, 0.6) is 5.75 Å². The second-order valence-corrected chi connectivity index (χ2v) is 9.80. The molecule has 0 aliphatic carbocycles. The highest BCUT2D eigenvalue weighted by Crippen LogP contribution is 2.35. The molecule has 0 bridgehead atoms. The minimum absolute atomic E-state index is 0.00159. The molecule has 0 aliphatic rings. The highest BCUT2D eigenvalue weighted by molar-refractivity contribution is 7.89. The minimum atomic E-state index is -4.75. The molecular weight excluding hydrogens is 477 g/mol. The van der Waals surface area contributed by atoms with Crippen LogP contribution >= 0.6 is 0 Å². The lowest BCUT2D eigenvalue weighted by atomic mass is 10.1. The average Bonchev–Trinajstić information content (AvgIpc) is 2.73. The minimum Gasteiger partial charge on any atom is -0.481 e. The molecule has 1 heterocycles. The molecule has 3 aromatic rings. The smallest absolute Gasteiger partial charge is 0.417 e. The quantitative estimate of drug-likeness (QED) is 0.519. The Morgan fingerprint density at radius 3 is 2.41 bits per heavy atom. The van der Waals surface area contributed by atoms with Crippen LogP contribution in [0.2, 0.25) is 0 Å². The third-order valence-electron chi connectivity index (χ3n) is 4.95. The van der Waals surface area contributed by atoms with E-state index < -0.39 is 39.4 Å². The van der Waals surface area contributed by atoms with E-state index >= 15 is 0 Å². The Labute approximate surface area is 193 Å². The third kappa shape index (κ3) is 5.23. The van der Waals surface area contributed by atoms with E-state index in [4.69, 9.17) is 9.15 Å². The summed E-state index contributed by atoms with van der Waals surface area (Å²) in [4.78, 5) is 24.2. The van der Waals surface area contributed by atoms with Crippen molar-refractivity contribution in [2.75, 3.05) is 19.4 Å². The molecular formula is C22H21F3N2O6S. The van der Waals surface area contributed by atoms with Crippen LogP contribution in [0.25, 0.3) is 11.0 Å². The number of rotatable bonds is 6. The first-order valence-corrected chi connectivity index (χ1v) is 11.3. The first-order chi connectivity index (χ1) is 15.7. The number of ether oxygens (including phenoxy) is 1. The van der Waals surface area contributed by atoms with Gasteiger partial charge in [-0.15, -0.1) is 0 Å². The molecule has 0 radical (unpaired) electrons. The lowest BCUT2D eigenvalue weighted by Crippen LogP contribution is -2.30. The Kier molecular flexibility index (Phi) is 6.76. The first-order valence-electron chi connectivity index (χ1n) is 9.86. The number of nitrogens with zero attached hydrogens (tertiary/aromatic N) is 1. The van der Waals surface area contributed by atoms with Crippen LogP contribution in [0.3, 0.4) is 0 Å². The van der Waals surface area contributed by atoms with E-state index in [0.29, 0.717) is 11.6 Å². The Morgan fingerprint density at radius 1 is 1.12 bits per heavy atom. The molecule has 0 saturated heterocycles. The maximum Gasteiger partial charge on any atom is 0.417 e. The topological polar surface area (TPSA) is 106 Å². The van der Waals surface area contributed by atoms with Gasteiger partial charge in [0.1, 0.15) is 11.3 Å². The van der Waals surface area contributed by atoms with Gasteiger partial charge >= 0.3 is 11.8 Å². The summed E-state index contributed by atoms with van der Waals surface area (Å²) in [6, 6.07) is 8.03. The standard InChI is InChI=1S/C22H21F3N2O6S/c1-12-5-7-15(34(30,31)27(3)4)10-18(12)26-21(29)13(2)32-14-6-8-16-17(22(23,24)25)11-20(28)33-19(16)9-14/h5-11,13H,1-4H3,(H,26,29). The number of aryl methyl sites for hydroxylation is 1. The summed E-state index contributed by atoms with van der Waals surface area (Å²) in [6.45, 7) is 3.08. The molecule has 1 amide bonds. The predicted octanol–water partition coefficient (Wildman–Crippen LogP) is 3.78. The van der Waals surface area contributed by atoms with E-state index in [0.717, 1.165) is 16.4 Å². The van der Waals surface area contributed by atoms with Crippen molar-refractivity contribution < 1.29 is 35.5 Å². The van der Waals surface area contributed by atoms with Gasteiger partial charge in [-0.1, -0.05) is 6.07 Å². The van der Waals surface area contributed by atoms with Crippen LogP contribution in [-0.2, 0) is 21.0 Å². The summed E-state index contributed by atoms with van der Waals surface area (Å²) in [6.07, 6.45) is -5.88. The van der Waals surface area contributed by atoms with Crippen molar-refractivity contribution in [2.24, 2.45) is 0 Å². The summed E-state index contributed by atoms with van der Waals surface area (Å²) in [5.41, 5.74) is -1.81. The van der Waals surface area contributed by atoms with Gasteiger partial charge in [0.25, 0.3) is 5.91 Å². The zero-order valence-electron chi connectivity index (χ0n) is 18.6. The van der Waals surface area contributed by atoms with Gasteiger partial charge in [0.2, 0.25) is 10.0 Å². The summed E-state index contributed by atoms with van der Waals surface area (Å²) in [5.74, 6) is -0.633. The maximum absolute atomic E-state index is 13.2. The Balaban J connectivity index is 1.83. The summed E-state index contributed by atoms with van der Waals surface area (Å²) in [5, 5.41) is 2.26. The highest BCUT2D eigenvalue weighted by Gasteiger charge is 2.34. The number of sulfonamides is 1. The van der Waals surface area contributed by atoms with Crippen LogP contribution in [-0.4, -0.2) is 38.8 Å². The molecule has 1 unspecified atom stereocenters. The Morgan fingerprint density at radius 2 is 1.79 bits per heavy atom. The van der Waals surface area contributed by atoms with Crippen molar-refractivity contribution in [3.05, 3.63) is 64.0 Å². The molecule has 8 nitrogen and oxygen atoms in total. The monoisotopic (exact) mass is 498 g/mol. The number of fused-ring (bicyclic) bond motifs is 1. The van der Waals surface area contributed by atoms with E-state index in [2.05, 4.69) is 5.32 Å². The molecule has 0 aliphatic heterocycles. The van der Waals surface area contributed by atoms with Crippen molar-refractivity contribution in [1.29, 1.82) is 0 Å². The van der Waals surface area contributed by atoms with Gasteiger partial charge in [-0.25, -0.2) is 17.5 Å². The Bertz CT molecular complexity index is 1410. The van der Waals surface area contributed by atoms with E-state index in [9.17, 15) is 31.2 Å². The van der Waals surface area contributed by atoms with Crippen molar-refractivity contribution in [3.8, 4) is 5.75 Å². The van der Waals surface area contributed by atoms with Crippen LogP contribution < -0.4 is 15.7 Å². The van der Waals surface area contributed by atoms with Gasteiger partial charge in [-0.2, -0.15) is 13.2 Å². The number of amides is 1. The van der Waals surface area contributed by atoms with Gasteiger partial charge in [0.15, 0.2) is 6.10 Å². The molecule has 0 spiro atoms. The molecule has 1 atom stereocenters. The van der Waals surface area contributed by atoms with Gasteiger partial charge in [0.05, 0.1) is 10.5 Å². The number of nitrogens with one attached hydrogen (secondary N) is 1. The van der Waals surface area contributed by atoms with Gasteiger partial charge < -0.3 is 14.5 Å². The van der Waals surface area contributed by atoms with E-state index in [-0.39, 0.29) is 27.3 Å². The van der Waals surface area contributed by atoms with Crippen LogP contribution in [0, 0.1) is 6.92 Å². The average molecular weight is 498 g/mol. The number of carbonyl (C=O) groups excluding carboxylic acids is 1. The second-order valence-electron chi connectivity index (χ2n) is 7.65. The lowest BCUT2D eigenvalue weighted by molar-refractivity contribution is -0.136. The largest absolute Gasteiger partial charge is 0.481 e. The molecule has 182 valence electrons. The fraction of sp³-hybridized carbons (Fsp3) is 0.273.